The fraction of sp³-hybridized carbons (Fsp3) is 0.438. The Kier molecular flexibility index (Phi) is 5.20. The summed E-state index contributed by atoms with van der Waals surface area (Å²) in [5.41, 5.74) is 0.560. The lowest BCUT2D eigenvalue weighted by Crippen LogP contribution is -2.44. The average molecular weight is 336 g/mol. The van der Waals surface area contributed by atoms with E-state index < -0.39 is 17.9 Å². The van der Waals surface area contributed by atoms with Crippen molar-refractivity contribution in [3.05, 3.63) is 28.5 Å². The number of hydrogen-bond acceptors (Lipinski definition) is 5. The molecule has 6 nitrogen and oxygen atoms in total. The first-order valence-corrected chi connectivity index (χ1v) is 8.23. The number of carboxylic acid groups (broad SMARTS) is 1. The molecule has 0 saturated heterocycles. The van der Waals surface area contributed by atoms with Crippen LogP contribution in [0.15, 0.2) is 16.5 Å². The second kappa shape index (κ2) is 6.95. The summed E-state index contributed by atoms with van der Waals surface area (Å²) < 4.78 is 5.51. The first-order valence-electron chi connectivity index (χ1n) is 7.41. The molecule has 0 bridgehead atoms. The predicted molar refractivity (Wildman–Crippen MR) is 87.6 cm³/mol. The van der Waals surface area contributed by atoms with Crippen LogP contribution in [0.4, 0.5) is 0 Å². The Labute approximate surface area is 138 Å². The lowest BCUT2D eigenvalue weighted by Gasteiger charge is -2.19. The molecule has 0 aromatic carbocycles. The Morgan fingerprint density at radius 1 is 1.39 bits per heavy atom. The number of furan rings is 1. The number of aromatic nitrogens is 1. The van der Waals surface area contributed by atoms with Gasteiger partial charge in [0.05, 0.1) is 5.69 Å². The van der Waals surface area contributed by atoms with Crippen LogP contribution in [0.1, 0.15) is 41.4 Å². The first-order chi connectivity index (χ1) is 10.8. The smallest absolute Gasteiger partial charge is 0.326 e. The van der Waals surface area contributed by atoms with Gasteiger partial charge in [0.15, 0.2) is 10.8 Å². The zero-order chi connectivity index (χ0) is 17.1. The summed E-state index contributed by atoms with van der Waals surface area (Å²) >= 11 is 1.20. The number of hydrogen-bond donors (Lipinski definition) is 2. The summed E-state index contributed by atoms with van der Waals surface area (Å²) in [4.78, 5) is 28.5. The van der Waals surface area contributed by atoms with E-state index in [1.54, 1.807) is 19.9 Å². The van der Waals surface area contributed by atoms with E-state index in [0.29, 0.717) is 27.8 Å². The maximum Gasteiger partial charge on any atom is 0.326 e. The van der Waals surface area contributed by atoms with Crippen molar-refractivity contribution in [1.29, 1.82) is 0 Å². The van der Waals surface area contributed by atoms with Gasteiger partial charge in [-0.3, -0.25) is 4.79 Å². The topological polar surface area (TPSA) is 92.4 Å². The number of carbonyl (C=O) groups is 2. The molecule has 0 unspecified atom stereocenters. The Balaban J connectivity index is 2.22. The Morgan fingerprint density at radius 2 is 2.09 bits per heavy atom. The van der Waals surface area contributed by atoms with Gasteiger partial charge in [-0.25, -0.2) is 9.78 Å². The van der Waals surface area contributed by atoms with Gasteiger partial charge in [-0.05, 0) is 31.9 Å². The van der Waals surface area contributed by atoms with Gasteiger partial charge in [0, 0.05) is 0 Å². The fourth-order valence-corrected chi connectivity index (χ4v) is 3.08. The molecule has 2 heterocycles. The molecule has 2 aromatic rings. The normalized spacial score (nSPS) is 13.6. The van der Waals surface area contributed by atoms with Crippen molar-refractivity contribution in [2.24, 2.45) is 5.92 Å². The van der Waals surface area contributed by atoms with Crippen LogP contribution in [0.5, 0.6) is 0 Å². The van der Waals surface area contributed by atoms with Gasteiger partial charge < -0.3 is 14.8 Å². The van der Waals surface area contributed by atoms with Crippen molar-refractivity contribution in [1.82, 2.24) is 10.3 Å². The number of carboxylic acids is 1. The number of rotatable bonds is 6. The molecule has 0 aliphatic rings. The molecule has 23 heavy (non-hydrogen) atoms. The van der Waals surface area contributed by atoms with E-state index in [-0.39, 0.29) is 5.92 Å². The van der Waals surface area contributed by atoms with Gasteiger partial charge in [-0.15, -0.1) is 11.3 Å². The SMILES string of the molecule is CC[C@H](C)[C@H](NC(=O)c1sc(-c2ccc(C)o2)nc1C)C(=O)O. The van der Waals surface area contributed by atoms with Gasteiger partial charge in [-0.2, -0.15) is 0 Å². The summed E-state index contributed by atoms with van der Waals surface area (Å²) in [6, 6.07) is 2.72. The molecule has 2 aromatic heterocycles. The highest BCUT2D eigenvalue weighted by Gasteiger charge is 2.27. The van der Waals surface area contributed by atoms with Crippen molar-refractivity contribution in [3.63, 3.8) is 0 Å². The van der Waals surface area contributed by atoms with E-state index in [1.165, 1.54) is 11.3 Å². The predicted octanol–water partition coefficient (Wildman–Crippen LogP) is 3.25. The van der Waals surface area contributed by atoms with E-state index in [2.05, 4.69) is 10.3 Å². The largest absolute Gasteiger partial charge is 0.480 e. The molecule has 7 heteroatoms. The molecule has 124 valence electrons. The zero-order valence-electron chi connectivity index (χ0n) is 13.5. The molecule has 2 N–H and O–H groups in total. The summed E-state index contributed by atoms with van der Waals surface area (Å²) in [7, 11) is 0. The zero-order valence-corrected chi connectivity index (χ0v) is 14.4. The molecule has 1 amide bonds. The van der Waals surface area contributed by atoms with Crippen LogP contribution in [-0.2, 0) is 4.79 Å². The second-order valence-corrected chi connectivity index (χ2v) is 6.52. The summed E-state index contributed by atoms with van der Waals surface area (Å²) in [5, 5.41) is 12.5. The summed E-state index contributed by atoms with van der Waals surface area (Å²) in [5.74, 6) is -0.233. The number of thiazole rings is 1. The number of aryl methyl sites for hydroxylation is 2. The second-order valence-electron chi connectivity index (χ2n) is 5.52. The molecule has 2 atom stereocenters. The Bertz CT molecular complexity index is 719. The van der Waals surface area contributed by atoms with E-state index >= 15 is 0 Å². The Morgan fingerprint density at radius 3 is 2.61 bits per heavy atom. The van der Waals surface area contributed by atoms with E-state index in [9.17, 15) is 14.7 Å². The van der Waals surface area contributed by atoms with Crippen molar-refractivity contribution in [2.45, 2.75) is 40.2 Å². The van der Waals surface area contributed by atoms with Crippen LogP contribution in [0.25, 0.3) is 10.8 Å². The lowest BCUT2D eigenvalue weighted by atomic mass is 9.99. The quantitative estimate of drug-likeness (QED) is 0.845. The first kappa shape index (κ1) is 17.2. The van der Waals surface area contributed by atoms with Gasteiger partial charge in [0.2, 0.25) is 0 Å². The minimum Gasteiger partial charge on any atom is -0.480 e. The minimum atomic E-state index is -1.03. The van der Waals surface area contributed by atoms with Gasteiger partial charge in [0.1, 0.15) is 16.7 Å². The molecular weight excluding hydrogens is 316 g/mol. The number of aliphatic carboxylic acids is 1. The minimum absolute atomic E-state index is 0.156. The molecule has 0 aliphatic carbocycles. The Hall–Kier alpha value is -2.15. The number of nitrogens with one attached hydrogen (secondary N) is 1. The van der Waals surface area contributed by atoms with Crippen LogP contribution in [-0.4, -0.2) is 28.0 Å². The van der Waals surface area contributed by atoms with Crippen LogP contribution in [0.2, 0.25) is 0 Å². The molecule has 2 rings (SSSR count). The van der Waals surface area contributed by atoms with E-state index in [1.807, 2.05) is 19.9 Å². The third-order valence-corrected chi connectivity index (χ3v) is 4.89. The monoisotopic (exact) mass is 336 g/mol. The highest BCUT2D eigenvalue weighted by molar-refractivity contribution is 7.17. The van der Waals surface area contributed by atoms with Gasteiger partial charge in [-0.1, -0.05) is 20.3 Å². The molecular formula is C16H20N2O4S. The molecule has 0 fully saturated rings. The van der Waals surface area contributed by atoms with Crippen molar-refractivity contribution in [2.75, 3.05) is 0 Å². The number of amides is 1. The van der Waals surface area contributed by atoms with Gasteiger partial charge in [0.25, 0.3) is 5.91 Å². The number of carbonyl (C=O) groups excluding carboxylic acids is 1. The van der Waals surface area contributed by atoms with Crippen molar-refractivity contribution in [3.8, 4) is 10.8 Å². The maximum atomic E-state index is 12.4. The highest BCUT2D eigenvalue weighted by Crippen LogP contribution is 2.29. The van der Waals surface area contributed by atoms with Gasteiger partial charge >= 0.3 is 5.97 Å². The molecule has 0 spiro atoms. The van der Waals surface area contributed by atoms with E-state index in [4.69, 9.17) is 4.42 Å². The van der Waals surface area contributed by atoms with Crippen LogP contribution in [0.3, 0.4) is 0 Å². The fourth-order valence-electron chi connectivity index (χ4n) is 2.15. The van der Waals surface area contributed by atoms with Crippen molar-refractivity contribution >= 4 is 23.2 Å². The molecule has 0 saturated carbocycles. The standard InChI is InChI=1S/C16H20N2O4S/c1-5-8(2)12(16(20)21)18-14(19)13-10(4)17-15(23-13)11-7-6-9(3)22-11/h6-8,12H,5H2,1-4H3,(H,18,19)(H,20,21)/t8-,12-/m0/s1. The van der Waals surface area contributed by atoms with Crippen LogP contribution in [0, 0.1) is 19.8 Å². The summed E-state index contributed by atoms with van der Waals surface area (Å²) in [6.45, 7) is 7.25. The third kappa shape index (κ3) is 3.79. The highest BCUT2D eigenvalue weighted by atomic mass is 32.1. The van der Waals surface area contributed by atoms with Crippen LogP contribution < -0.4 is 5.32 Å². The molecule has 0 radical (unpaired) electrons. The van der Waals surface area contributed by atoms with E-state index in [0.717, 1.165) is 5.76 Å². The number of nitrogens with zero attached hydrogens (tertiary/aromatic N) is 1. The lowest BCUT2D eigenvalue weighted by molar-refractivity contribution is -0.140. The van der Waals surface area contributed by atoms with Crippen LogP contribution >= 0.6 is 11.3 Å². The summed E-state index contributed by atoms with van der Waals surface area (Å²) in [6.07, 6.45) is 0.663. The van der Waals surface area contributed by atoms with Crippen molar-refractivity contribution < 1.29 is 19.1 Å². The third-order valence-electron chi connectivity index (χ3n) is 3.72. The average Bonchev–Trinajstić information content (AvgIpc) is 3.09. The maximum absolute atomic E-state index is 12.4. The molecule has 0 aliphatic heterocycles.